The first-order chi connectivity index (χ1) is 10.1. The van der Waals surface area contributed by atoms with Gasteiger partial charge >= 0.3 is 0 Å². The fourth-order valence-corrected chi connectivity index (χ4v) is 3.34. The molecule has 0 saturated heterocycles. The molecule has 0 aliphatic rings. The van der Waals surface area contributed by atoms with Crippen molar-refractivity contribution in [2.24, 2.45) is 0 Å². The molecule has 7 heteroatoms. The predicted octanol–water partition coefficient (Wildman–Crippen LogP) is 3.33. The second-order valence-corrected chi connectivity index (χ2v) is 6.06. The van der Waals surface area contributed by atoms with E-state index in [0.29, 0.717) is 17.5 Å². The Balaban J connectivity index is 2.50. The molecular weight excluding hydrogens is 402 g/mol. The first-order valence-corrected chi connectivity index (χ1v) is 7.75. The van der Waals surface area contributed by atoms with E-state index in [9.17, 15) is 0 Å². The predicted molar refractivity (Wildman–Crippen MR) is 87.9 cm³/mol. The second kappa shape index (κ2) is 7.20. The number of ether oxygens (including phenoxy) is 2. The number of nitrogens with one attached hydrogen (secondary N) is 1. The Morgan fingerprint density at radius 3 is 2.29 bits per heavy atom. The Hall–Kier alpha value is -1.18. The first-order valence-electron chi connectivity index (χ1n) is 6.17. The van der Waals surface area contributed by atoms with Gasteiger partial charge in [-0.15, -0.1) is 0 Å². The Labute approximate surface area is 140 Å². The molecule has 1 aromatic heterocycles. The SMILES string of the molecule is CNC(c1cc(Br)cc(Br)c1)c1ncc(OC)nc1OC. The van der Waals surface area contributed by atoms with E-state index in [1.54, 1.807) is 20.4 Å². The lowest BCUT2D eigenvalue weighted by molar-refractivity contribution is 0.353. The molecule has 1 atom stereocenters. The van der Waals surface area contributed by atoms with Crippen LogP contribution in [0.5, 0.6) is 11.8 Å². The average Bonchev–Trinajstić information content (AvgIpc) is 2.47. The summed E-state index contributed by atoms with van der Waals surface area (Å²) in [5.74, 6) is 0.852. The number of hydrogen-bond acceptors (Lipinski definition) is 5. The molecule has 2 rings (SSSR count). The third-order valence-electron chi connectivity index (χ3n) is 2.93. The summed E-state index contributed by atoms with van der Waals surface area (Å²) in [7, 11) is 4.98. The highest BCUT2D eigenvalue weighted by molar-refractivity contribution is 9.11. The maximum atomic E-state index is 5.34. The van der Waals surface area contributed by atoms with E-state index in [2.05, 4.69) is 47.1 Å². The van der Waals surface area contributed by atoms with E-state index in [0.717, 1.165) is 14.5 Å². The van der Waals surface area contributed by atoms with Gasteiger partial charge in [0, 0.05) is 8.95 Å². The van der Waals surface area contributed by atoms with Crippen LogP contribution in [0.2, 0.25) is 0 Å². The van der Waals surface area contributed by atoms with Crippen LogP contribution in [0.3, 0.4) is 0 Å². The molecule has 0 aliphatic heterocycles. The molecule has 2 aromatic rings. The van der Waals surface area contributed by atoms with Crippen LogP contribution in [0.25, 0.3) is 0 Å². The summed E-state index contributed by atoms with van der Waals surface area (Å²) >= 11 is 6.99. The van der Waals surface area contributed by atoms with Crippen molar-refractivity contribution in [3.05, 3.63) is 44.6 Å². The summed E-state index contributed by atoms with van der Waals surface area (Å²) < 4.78 is 12.4. The van der Waals surface area contributed by atoms with E-state index >= 15 is 0 Å². The summed E-state index contributed by atoms with van der Waals surface area (Å²) in [6.45, 7) is 0. The Kier molecular flexibility index (Phi) is 5.55. The fourth-order valence-electron chi connectivity index (χ4n) is 2.02. The molecule has 112 valence electrons. The van der Waals surface area contributed by atoms with Crippen LogP contribution in [0.4, 0.5) is 0 Å². The van der Waals surface area contributed by atoms with Crippen LogP contribution in [-0.2, 0) is 0 Å². The zero-order valence-electron chi connectivity index (χ0n) is 11.9. The molecule has 0 fully saturated rings. The number of halogens is 2. The topological polar surface area (TPSA) is 56.3 Å². The highest BCUT2D eigenvalue weighted by Gasteiger charge is 2.21. The number of nitrogens with zero attached hydrogens (tertiary/aromatic N) is 2. The molecule has 1 heterocycles. The number of methoxy groups -OCH3 is 2. The normalized spacial score (nSPS) is 12.0. The summed E-state index contributed by atoms with van der Waals surface area (Å²) in [6, 6.07) is 5.88. The molecule has 0 amide bonds. The third-order valence-corrected chi connectivity index (χ3v) is 3.84. The zero-order valence-corrected chi connectivity index (χ0v) is 15.0. The molecule has 1 N–H and O–H groups in total. The van der Waals surface area contributed by atoms with Crippen LogP contribution < -0.4 is 14.8 Å². The quantitative estimate of drug-likeness (QED) is 0.810. The van der Waals surface area contributed by atoms with Crippen molar-refractivity contribution >= 4 is 31.9 Å². The first kappa shape index (κ1) is 16.2. The van der Waals surface area contributed by atoms with Crippen molar-refractivity contribution < 1.29 is 9.47 Å². The largest absolute Gasteiger partial charge is 0.480 e. The van der Waals surface area contributed by atoms with Gasteiger partial charge in [0.05, 0.1) is 26.5 Å². The van der Waals surface area contributed by atoms with E-state index in [1.807, 2.05) is 25.2 Å². The van der Waals surface area contributed by atoms with Crippen molar-refractivity contribution in [2.45, 2.75) is 6.04 Å². The molecule has 0 saturated carbocycles. The monoisotopic (exact) mass is 415 g/mol. The minimum atomic E-state index is -0.146. The lowest BCUT2D eigenvalue weighted by Gasteiger charge is -2.19. The molecule has 0 bridgehead atoms. The van der Waals surface area contributed by atoms with Crippen molar-refractivity contribution in [1.29, 1.82) is 0 Å². The van der Waals surface area contributed by atoms with Gasteiger partial charge in [0.15, 0.2) is 0 Å². The van der Waals surface area contributed by atoms with Crippen LogP contribution in [0.1, 0.15) is 17.3 Å². The van der Waals surface area contributed by atoms with E-state index in [1.165, 1.54) is 0 Å². The number of benzene rings is 1. The van der Waals surface area contributed by atoms with Gasteiger partial charge in [-0.3, -0.25) is 0 Å². The van der Waals surface area contributed by atoms with Gasteiger partial charge in [-0.1, -0.05) is 31.9 Å². The van der Waals surface area contributed by atoms with Crippen LogP contribution in [0.15, 0.2) is 33.3 Å². The summed E-state index contributed by atoms with van der Waals surface area (Å²) in [5, 5.41) is 3.24. The maximum absolute atomic E-state index is 5.34. The van der Waals surface area contributed by atoms with Gasteiger partial charge < -0.3 is 14.8 Å². The summed E-state index contributed by atoms with van der Waals surface area (Å²) in [5.41, 5.74) is 1.74. The molecule has 21 heavy (non-hydrogen) atoms. The number of hydrogen-bond donors (Lipinski definition) is 1. The third kappa shape index (κ3) is 3.72. The minimum Gasteiger partial charge on any atom is -0.480 e. The number of aromatic nitrogens is 2. The summed E-state index contributed by atoms with van der Waals surface area (Å²) in [4.78, 5) is 8.70. The molecule has 0 spiro atoms. The molecule has 1 aromatic carbocycles. The lowest BCUT2D eigenvalue weighted by Crippen LogP contribution is -2.20. The smallest absolute Gasteiger partial charge is 0.240 e. The van der Waals surface area contributed by atoms with Gasteiger partial charge in [-0.25, -0.2) is 4.98 Å². The van der Waals surface area contributed by atoms with Crippen LogP contribution in [0, 0.1) is 0 Å². The molecule has 1 unspecified atom stereocenters. The highest BCUT2D eigenvalue weighted by atomic mass is 79.9. The Bertz CT molecular complexity index is 617. The maximum Gasteiger partial charge on any atom is 0.240 e. The van der Waals surface area contributed by atoms with Crippen molar-refractivity contribution in [3.8, 4) is 11.8 Å². The van der Waals surface area contributed by atoms with Crippen molar-refractivity contribution in [3.63, 3.8) is 0 Å². The second-order valence-electron chi connectivity index (χ2n) is 4.23. The number of rotatable bonds is 5. The van der Waals surface area contributed by atoms with Crippen LogP contribution in [-0.4, -0.2) is 31.2 Å². The molecule has 0 radical (unpaired) electrons. The average molecular weight is 417 g/mol. The zero-order chi connectivity index (χ0) is 15.4. The fraction of sp³-hybridized carbons (Fsp3) is 0.286. The summed E-state index contributed by atoms with van der Waals surface area (Å²) in [6.07, 6.45) is 1.58. The Morgan fingerprint density at radius 1 is 1.10 bits per heavy atom. The van der Waals surface area contributed by atoms with Crippen LogP contribution >= 0.6 is 31.9 Å². The standard InChI is InChI=1S/C14H15Br2N3O2/c1-17-12(8-4-9(15)6-10(16)5-8)13-14(21-3)19-11(20-2)7-18-13/h4-7,12,17H,1-3H3. The Morgan fingerprint density at radius 2 is 1.76 bits per heavy atom. The van der Waals surface area contributed by atoms with E-state index in [-0.39, 0.29) is 6.04 Å². The lowest BCUT2D eigenvalue weighted by atomic mass is 10.0. The van der Waals surface area contributed by atoms with Gasteiger partial charge in [0.2, 0.25) is 11.8 Å². The molecule has 5 nitrogen and oxygen atoms in total. The molecular formula is C14H15Br2N3O2. The van der Waals surface area contributed by atoms with Gasteiger partial charge in [0.25, 0.3) is 0 Å². The van der Waals surface area contributed by atoms with E-state index in [4.69, 9.17) is 9.47 Å². The van der Waals surface area contributed by atoms with Gasteiger partial charge in [-0.2, -0.15) is 4.98 Å². The minimum absolute atomic E-state index is 0.146. The van der Waals surface area contributed by atoms with Crippen molar-refractivity contribution in [2.75, 3.05) is 21.3 Å². The molecule has 0 aliphatic carbocycles. The van der Waals surface area contributed by atoms with Gasteiger partial charge in [0.1, 0.15) is 5.69 Å². The highest BCUT2D eigenvalue weighted by Crippen LogP contribution is 2.31. The van der Waals surface area contributed by atoms with Gasteiger partial charge in [-0.05, 0) is 30.8 Å². The van der Waals surface area contributed by atoms with Crippen molar-refractivity contribution in [1.82, 2.24) is 15.3 Å². The van der Waals surface area contributed by atoms with E-state index < -0.39 is 0 Å².